The summed E-state index contributed by atoms with van der Waals surface area (Å²) < 4.78 is 11.5. The molecule has 3 aliphatic heterocycles. The molecule has 0 bridgehead atoms. The van der Waals surface area contributed by atoms with E-state index >= 15 is 0 Å². The summed E-state index contributed by atoms with van der Waals surface area (Å²) in [7, 11) is 1.77. The third kappa shape index (κ3) is 4.33. The molecule has 0 spiro atoms. The third-order valence-corrected chi connectivity index (χ3v) is 7.89. The van der Waals surface area contributed by atoms with Crippen LogP contribution in [0.4, 0.5) is 11.8 Å². The molecule has 2 saturated heterocycles. The van der Waals surface area contributed by atoms with Crippen molar-refractivity contribution >= 4 is 40.2 Å². The van der Waals surface area contributed by atoms with Gasteiger partial charge in [-0.25, -0.2) is 4.98 Å². The molecule has 3 aliphatic rings. The molecule has 2 aromatic rings. The van der Waals surface area contributed by atoms with Gasteiger partial charge < -0.3 is 19.7 Å². The second kappa shape index (κ2) is 9.17. The first-order valence-electron chi connectivity index (χ1n) is 11.1. The average molecular weight is 475 g/mol. The number of halogens is 1. The van der Waals surface area contributed by atoms with Gasteiger partial charge in [-0.15, -0.1) is 0 Å². The van der Waals surface area contributed by atoms with E-state index in [4.69, 9.17) is 31.0 Å². The zero-order chi connectivity index (χ0) is 22.1. The summed E-state index contributed by atoms with van der Waals surface area (Å²) in [6.07, 6.45) is 3.88. The second-order valence-electron chi connectivity index (χ2n) is 8.52. The average Bonchev–Trinajstić information content (AvgIpc) is 3.21. The SMILES string of the molecule is COC1(c2ccc(Cl)cc2)CCN(c2nc3c(c(NC4CCOCC4)n2)SC(=O)C3)CC1. The predicted molar refractivity (Wildman–Crippen MR) is 126 cm³/mol. The number of fused-ring (bicyclic) bond motifs is 1. The lowest BCUT2D eigenvalue weighted by Crippen LogP contribution is -2.44. The molecule has 0 saturated carbocycles. The van der Waals surface area contributed by atoms with E-state index in [1.165, 1.54) is 11.8 Å². The second-order valence-corrected chi connectivity index (χ2v) is 10.0. The number of hydrogen-bond donors (Lipinski definition) is 1. The lowest BCUT2D eigenvalue weighted by molar-refractivity contribution is -0.110. The van der Waals surface area contributed by atoms with Gasteiger partial charge in [0.15, 0.2) is 5.12 Å². The van der Waals surface area contributed by atoms with Crippen LogP contribution in [0.1, 0.15) is 36.9 Å². The summed E-state index contributed by atoms with van der Waals surface area (Å²) in [4.78, 5) is 24.9. The van der Waals surface area contributed by atoms with E-state index in [0.717, 1.165) is 79.0 Å². The van der Waals surface area contributed by atoms with Crippen LogP contribution in [0.15, 0.2) is 29.2 Å². The van der Waals surface area contributed by atoms with E-state index in [1.54, 1.807) is 7.11 Å². The Morgan fingerprint density at radius 3 is 2.59 bits per heavy atom. The van der Waals surface area contributed by atoms with Crippen LogP contribution < -0.4 is 10.2 Å². The van der Waals surface area contributed by atoms with Gasteiger partial charge in [-0.3, -0.25) is 4.79 Å². The zero-order valence-electron chi connectivity index (χ0n) is 18.1. The lowest BCUT2D eigenvalue weighted by Gasteiger charge is -2.41. The Balaban J connectivity index is 1.37. The van der Waals surface area contributed by atoms with E-state index in [2.05, 4.69) is 10.2 Å². The van der Waals surface area contributed by atoms with E-state index in [1.807, 2.05) is 24.3 Å². The highest BCUT2D eigenvalue weighted by molar-refractivity contribution is 8.14. The number of nitrogens with one attached hydrogen (secondary N) is 1. The lowest BCUT2D eigenvalue weighted by atomic mass is 9.84. The van der Waals surface area contributed by atoms with Crippen LogP contribution in [-0.2, 0) is 26.3 Å². The van der Waals surface area contributed by atoms with Crippen LogP contribution in [-0.4, -0.2) is 54.5 Å². The number of thioether (sulfide) groups is 1. The van der Waals surface area contributed by atoms with E-state index in [9.17, 15) is 4.79 Å². The molecule has 0 unspecified atom stereocenters. The number of aromatic nitrogens is 2. The molecule has 0 atom stereocenters. The van der Waals surface area contributed by atoms with E-state index < -0.39 is 0 Å². The molecule has 0 amide bonds. The fraction of sp³-hybridized carbons (Fsp3) is 0.522. The number of methoxy groups -OCH3 is 1. The Bertz CT molecular complexity index is 989. The molecule has 0 radical (unpaired) electrons. The molecule has 1 N–H and O–H groups in total. The number of nitrogens with zero attached hydrogens (tertiary/aromatic N) is 3. The standard InChI is InChI=1S/C23H27ClN4O3S/c1-30-23(15-2-4-16(24)5-3-15)8-10-28(11-9-23)22-26-18-14-19(29)32-20(18)21(27-22)25-17-6-12-31-13-7-17/h2-5,17H,6-14H2,1H3,(H,25,26,27). The van der Waals surface area contributed by atoms with Gasteiger partial charge in [-0.2, -0.15) is 4.98 Å². The number of ether oxygens (including phenoxy) is 2. The van der Waals surface area contributed by atoms with Gasteiger partial charge in [0.25, 0.3) is 0 Å². The highest BCUT2D eigenvalue weighted by Gasteiger charge is 2.38. The van der Waals surface area contributed by atoms with Crippen molar-refractivity contribution in [2.75, 3.05) is 43.6 Å². The van der Waals surface area contributed by atoms with Gasteiger partial charge in [-0.05, 0) is 55.1 Å². The van der Waals surface area contributed by atoms with Crippen LogP contribution in [0, 0.1) is 0 Å². The summed E-state index contributed by atoms with van der Waals surface area (Å²) in [5.74, 6) is 1.48. The fourth-order valence-corrected chi connectivity index (χ4v) is 5.70. The van der Waals surface area contributed by atoms with Gasteiger partial charge >= 0.3 is 0 Å². The van der Waals surface area contributed by atoms with Crippen molar-refractivity contribution in [2.45, 2.75) is 48.6 Å². The van der Waals surface area contributed by atoms with Crippen molar-refractivity contribution < 1.29 is 14.3 Å². The molecule has 0 aliphatic carbocycles. The molecular formula is C23H27ClN4O3S. The summed E-state index contributed by atoms with van der Waals surface area (Å²) in [6.45, 7) is 3.04. The minimum atomic E-state index is -0.340. The van der Waals surface area contributed by atoms with Crippen molar-refractivity contribution in [1.29, 1.82) is 0 Å². The first kappa shape index (κ1) is 21.9. The highest BCUT2D eigenvalue weighted by atomic mass is 35.5. The first-order valence-corrected chi connectivity index (χ1v) is 12.3. The number of benzene rings is 1. The van der Waals surface area contributed by atoms with E-state index in [-0.39, 0.29) is 10.7 Å². The maximum Gasteiger partial charge on any atom is 0.227 e. The smallest absolute Gasteiger partial charge is 0.227 e. The number of anilines is 2. The quantitative estimate of drug-likeness (QED) is 0.695. The Morgan fingerprint density at radius 1 is 1.19 bits per heavy atom. The highest BCUT2D eigenvalue weighted by Crippen LogP contribution is 2.41. The van der Waals surface area contributed by atoms with Crippen molar-refractivity contribution in [1.82, 2.24) is 9.97 Å². The molecule has 7 nitrogen and oxygen atoms in total. The number of piperidine rings is 1. The fourth-order valence-electron chi connectivity index (χ4n) is 4.70. The maximum atomic E-state index is 12.1. The number of carbonyl (C=O) groups is 1. The normalized spacial score (nSPS) is 20.9. The Kier molecular flexibility index (Phi) is 6.29. The maximum absolute atomic E-state index is 12.1. The van der Waals surface area contributed by atoms with Crippen LogP contribution in [0.5, 0.6) is 0 Å². The van der Waals surface area contributed by atoms with Crippen molar-refractivity contribution in [2.24, 2.45) is 0 Å². The summed E-state index contributed by atoms with van der Waals surface area (Å²) in [5, 5.41) is 4.42. The Labute approximate surface area is 197 Å². The molecule has 170 valence electrons. The minimum Gasteiger partial charge on any atom is -0.381 e. The molecule has 1 aromatic heterocycles. The van der Waals surface area contributed by atoms with Crippen molar-refractivity contribution in [3.8, 4) is 0 Å². The van der Waals surface area contributed by atoms with Gasteiger partial charge in [0, 0.05) is 44.5 Å². The summed E-state index contributed by atoms with van der Waals surface area (Å²) in [6, 6.07) is 8.23. The van der Waals surface area contributed by atoms with Gasteiger partial charge in [0.1, 0.15) is 5.82 Å². The third-order valence-electron chi connectivity index (χ3n) is 6.63. The molecule has 5 rings (SSSR count). The Hall–Kier alpha value is -1.87. The van der Waals surface area contributed by atoms with Crippen molar-refractivity contribution in [3.63, 3.8) is 0 Å². The van der Waals surface area contributed by atoms with Crippen LogP contribution in [0.25, 0.3) is 0 Å². The van der Waals surface area contributed by atoms with Gasteiger partial charge in [0.2, 0.25) is 5.95 Å². The van der Waals surface area contributed by atoms with Crippen LogP contribution >= 0.6 is 23.4 Å². The molecular weight excluding hydrogens is 448 g/mol. The number of rotatable bonds is 5. The zero-order valence-corrected chi connectivity index (χ0v) is 19.7. The van der Waals surface area contributed by atoms with Crippen LogP contribution in [0.2, 0.25) is 5.02 Å². The van der Waals surface area contributed by atoms with Crippen LogP contribution in [0.3, 0.4) is 0 Å². The topological polar surface area (TPSA) is 76.6 Å². The molecule has 1 aromatic carbocycles. The molecule has 32 heavy (non-hydrogen) atoms. The van der Waals surface area contributed by atoms with Crippen molar-refractivity contribution in [3.05, 3.63) is 40.5 Å². The largest absolute Gasteiger partial charge is 0.381 e. The predicted octanol–water partition coefficient (Wildman–Crippen LogP) is 4.04. The minimum absolute atomic E-state index is 0.126. The molecule has 9 heteroatoms. The first-order chi connectivity index (χ1) is 15.6. The molecule has 2 fully saturated rings. The summed E-state index contributed by atoms with van der Waals surface area (Å²) >= 11 is 7.34. The summed E-state index contributed by atoms with van der Waals surface area (Å²) in [5.41, 5.74) is 1.64. The number of hydrogen-bond acceptors (Lipinski definition) is 8. The Morgan fingerprint density at radius 2 is 1.91 bits per heavy atom. The van der Waals surface area contributed by atoms with Gasteiger partial charge in [0.05, 0.1) is 22.6 Å². The van der Waals surface area contributed by atoms with Gasteiger partial charge in [-0.1, -0.05) is 23.7 Å². The monoisotopic (exact) mass is 474 g/mol. The van der Waals surface area contributed by atoms with E-state index in [0.29, 0.717) is 18.4 Å². The number of carbonyl (C=O) groups excluding carboxylic acids is 1. The molecule has 4 heterocycles.